The van der Waals surface area contributed by atoms with E-state index >= 15 is 0 Å². The van der Waals surface area contributed by atoms with Crippen LogP contribution in [0.4, 0.5) is 0 Å². The standard InChI is InChI=1S/C12H11Cl2N3O2/c1-18-7-6-8-2-4-9(5-3-8)19-12-16-10(13)15-11(14)17-12/h2-5H,6-7H2,1H3. The Morgan fingerprint density at radius 2 is 1.63 bits per heavy atom. The van der Waals surface area contributed by atoms with Crippen molar-refractivity contribution >= 4 is 23.2 Å². The average Bonchev–Trinajstić information content (AvgIpc) is 2.37. The third kappa shape index (κ3) is 4.31. The lowest BCUT2D eigenvalue weighted by Gasteiger charge is -2.05. The second-order valence-corrected chi connectivity index (χ2v) is 4.32. The molecule has 0 bridgehead atoms. The number of rotatable bonds is 5. The van der Waals surface area contributed by atoms with E-state index in [-0.39, 0.29) is 16.6 Å². The fourth-order valence-corrected chi connectivity index (χ4v) is 1.75. The molecule has 0 aliphatic rings. The summed E-state index contributed by atoms with van der Waals surface area (Å²) in [5, 5.41) is -0.0153. The first-order chi connectivity index (χ1) is 9.17. The summed E-state index contributed by atoms with van der Waals surface area (Å²) < 4.78 is 10.4. The molecule has 0 saturated carbocycles. The van der Waals surface area contributed by atoms with Crippen LogP contribution in [0.3, 0.4) is 0 Å². The number of ether oxygens (including phenoxy) is 2. The highest BCUT2D eigenvalue weighted by Gasteiger charge is 2.05. The van der Waals surface area contributed by atoms with Gasteiger partial charge in [0.1, 0.15) is 5.75 Å². The molecule has 2 aromatic rings. The molecule has 0 N–H and O–H groups in total. The van der Waals surface area contributed by atoms with Crippen LogP contribution >= 0.6 is 23.2 Å². The maximum Gasteiger partial charge on any atom is 0.327 e. The number of aromatic nitrogens is 3. The lowest BCUT2D eigenvalue weighted by molar-refractivity contribution is 0.202. The molecule has 0 radical (unpaired) electrons. The normalized spacial score (nSPS) is 10.5. The van der Waals surface area contributed by atoms with Gasteiger partial charge >= 0.3 is 6.01 Å². The van der Waals surface area contributed by atoms with Crippen molar-refractivity contribution in [1.29, 1.82) is 0 Å². The molecule has 1 aromatic heterocycles. The highest BCUT2D eigenvalue weighted by Crippen LogP contribution is 2.20. The van der Waals surface area contributed by atoms with E-state index in [1.165, 1.54) is 0 Å². The van der Waals surface area contributed by atoms with Crippen molar-refractivity contribution < 1.29 is 9.47 Å². The van der Waals surface area contributed by atoms with Crippen LogP contribution in [0.25, 0.3) is 0 Å². The van der Waals surface area contributed by atoms with Gasteiger partial charge in [-0.2, -0.15) is 15.0 Å². The third-order valence-electron chi connectivity index (χ3n) is 2.29. The molecule has 1 aromatic carbocycles. The number of halogens is 2. The van der Waals surface area contributed by atoms with Gasteiger partial charge in [-0.3, -0.25) is 0 Å². The summed E-state index contributed by atoms with van der Waals surface area (Å²) in [5.41, 5.74) is 1.15. The minimum absolute atomic E-state index is 0.00767. The van der Waals surface area contributed by atoms with E-state index in [4.69, 9.17) is 32.7 Å². The largest absolute Gasteiger partial charge is 0.424 e. The van der Waals surface area contributed by atoms with Crippen LogP contribution in [0.1, 0.15) is 5.56 Å². The topological polar surface area (TPSA) is 57.1 Å². The Balaban J connectivity index is 2.06. The summed E-state index contributed by atoms with van der Waals surface area (Å²) in [4.78, 5) is 11.3. The van der Waals surface area contributed by atoms with Gasteiger partial charge in [-0.1, -0.05) is 12.1 Å². The van der Waals surface area contributed by atoms with Gasteiger partial charge in [0.2, 0.25) is 10.6 Å². The van der Waals surface area contributed by atoms with Crippen LogP contribution in [0, 0.1) is 0 Å². The van der Waals surface area contributed by atoms with E-state index in [0.29, 0.717) is 12.4 Å². The van der Waals surface area contributed by atoms with Crippen LogP contribution in [-0.2, 0) is 11.2 Å². The molecule has 0 atom stereocenters. The first-order valence-electron chi connectivity index (χ1n) is 5.50. The monoisotopic (exact) mass is 299 g/mol. The zero-order valence-corrected chi connectivity index (χ0v) is 11.6. The fraction of sp³-hybridized carbons (Fsp3) is 0.250. The quantitative estimate of drug-likeness (QED) is 0.849. The molecule has 0 fully saturated rings. The van der Waals surface area contributed by atoms with Gasteiger partial charge in [0, 0.05) is 7.11 Å². The first-order valence-corrected chi connectivity index (χ1v) is 6.26. The first kappa shape index (κ1) is 14.0. The molecule has 100 valence electrons. The van der Waals surface area contributed by atoms with Crippen molar-refractivity contribution in [3.8, 4) is 11.8 Å². The van der Waals surface area contributed by atoms with Gasteiger partial charge in [0.15, 0.2) is 0 Å². The van der Waals surface area contributed by atoms with E-state index in [9.17, 15) is 0 Å². The molecule has 19 heavy (non-hydrogen) atoms. The smallest absolute Gasteiger partial charge is 0.327 e. The number of benzene rings is 1. The zero-order chi connectivity index (χ0) is 13.7. The molecule has 0 unspecified atom stereocenters. The van der Waals surface area contributed by atoms with Gasteiger partial charge in [-0.25, -0.2) is 0 Å². The van der Waals surface area contributed by atoms with E-state index < -0.39 is 0 Å². The van der Waals surface area contributed by atoms with Gasteiger partial charge in [0.25, 0.3) is 0 Å². The maximum absolute atomic E-state index is 5.66. The van der Waals surface area contributed by atoms with Crippen LogP contribution in [0.2, 0.25) is 10.6 Å². The number of nitrogens with zero attached hydrogens (tertiary/aromatic N) is 3. The van der Waals surface area contributed by atoms with E-state index in [1.807, 2.05) is 24.3 Å². The predicted octanol–water partition coefficient (Wildman–Crippen LogP) is 3.16. The zero-order valence-electron chi connectivity index (χ0n) is 10.1. The van der Waals surface area contributed by atoms with Crippen molar-refractivity contribution in [2.75, 3.05) is 13.7 Å². The lowest BCUT2D eigenvalue weighted by atomic mass is 10.1. The molecule has 7 heteroatoms. The summed E-state index contributed by atoms with van der Waals surface area (Å²) in [6.45, 7) is 0.679. The van der Waals surface area contributed by atoms with Crippen LogP contribution in [0.15, 0.2) is 24.3 Å². The summed E-state index contributed by atoms with van der Waals surface area (Å²) >= 11 is 11.3. The second kappa shape index (κ2) is 6.65. The van der Waals surface area contributed by atoms with E-state index in [2.05, 4.69) is 15.0 Å². The average molecular weight is 300 g/mol. The Bertz CT molecular complexity index is 529. The van der Waals surface area contributed by atoms with Gasteiger partial charge < -0.3 is 9.47 Å². The number of methoxy groups -OCH3 is 1. The molecular weight excluding hydrogens is 289 g/mol. The summed E-state index contributed by atoms with van der Waals surface area (Å²) in [7, 11) is 1.67. The molecule has 1 heterocycles. The van der Waals surface area contributed by atoms with Crippen LogP contribution in [0.5, 0.6) is 11.8 Å². The van der Waals surface area contributed by atoms with Gasteiger partial charge in [-0.05, 0) is 47.3 Å². The van der Waals surface area contributed by atoms with E-state index in [1.54, 1.807) is 7.11 Å². The summed E-state index contributed by atoms with van der Waals surface area (Å²) in [5.74, 6) is 0.597. The molecule has 0 amide bonds. The highest BCUT2D eigenvalue weighted by atomic mass is 35.5. The van der Waals surface area contributed by atoms with E-state index in [0.717, 1.165) is 12.0 Å². The Morgan fingerprint density at radius 1 is 1.00 bits per heavy atom. The lowest BCUT2D eigenvalue weighted by Crippen LogP contribution is -1.96. The van der Waals surface area contributed by atoms with Crippen molar-refractivity contribution in [3.63, 3.8) is 0 Å². The summed E-state index contributed by atoms with van der Waals surface area (Å²) in [6, 6.07) is 7.58. The highest BCUT2D eigenvalue weighted by molar-refractivity contribution is 6.31. The van der Waals surface area contributed by atoms with Crippen LogP contribution < -0.4 is 4.74 Å². The number of hydrogen-bond acceptors (Lipinski definition) is 5. The molecule has 0 aliphatic heterocycles. The molecular formula is C12H11Cl2N3O2. The number of hydrogen-bond donors (Lipinski definition) is 0. The Labute approximate surface area is 120 Å². The Kier molecular flexibility index (Phi) is 4.90. The van der Waals surface area contributed by atoms with Crippen molar-refractivity contribution in [2.45, 2.75) is 6.42 Å². The van der Waals surface area contributed by atoms with Gasteiger partial charge in [0.05, 0.1) is 6.61 Å². The minimum Gasteiger partial charge on any atom is -0.424 e. The minimum atomic E-state index is -0.00767. The van der Waals surface area contributed by atoms with Gasteiger partial charge in [-0.15, -0.1) is 0 Å². The van der Waals surface area contributed by atoms with Crippen molar-refractivity contribution in [3.05, 3.63) is 40.4 Å². The SMILES string of the molecule is COCCc1ccc(Oc2nc(Cl)nc(Cl)n2)cc1. The van der Waals surface area contributed by atoms with Crippen molar-refractivity contribution in [2.24, 2.45) is 0 Å². The maximum atomic E-state index is 5.66. The van der Waals surface area contributed by atoms with Crippen molar-refractivity contribution in [1.82, 2.24) is 15.0 Å². The molecule has 0 saturated heterocycles. The molecule has 0 aliphatic carbocycles. The molecule has 2 rings (SSSR count). The fourth-order valence-electron chi connectivity index (χ4n) is 1.40. The Hall–Kier alpha value is -1.43. The molecule has 0 spiro atoms. The third-order valence-corrected chi connectivity index (χ3v) is 2.63. The van der Waals surface area contributed by atoms with Crippen LogP contribution in [-0.4, -0.2) is 28.7 Å². The second-order valence-electron chi connectivity index (χ2n) is 3.64. The predicted molar refractivity (Wildman–Crippen MR) is 71.9 cm³/mol. The Morgan fingerprint density at radius 3 is 2.21 bits per heavy atom. The molecule has 5 nitrogen and oxygen atoms in total. The summed E-state index contributed by atoms with van der Waals surface area (Å²) in [6.07, 6.45) is 0.847.